The number of nitrogens with zero attached hydrogens (tertiary/aromatic N) is 2. The first-order chi connectivity index (χ1) is 9.29. The lowest BCUT2D eigenvalue weighted by atomic mass is 10.2. The van der Waals surface area contributed by atoms with Gasteiger partial charge in [0.05, 0.1) is 0 Å². The SMILES string of the molecule is CNCCCCN1CCN(c2ccc(F)cc2)CC1. The van der Waals surface area contributed by atoms with Crippen LogP contribution in [-0.2, 0) is 0 Å². The number of halogens is 1. The molecule has 0 aromatic heterocycles. The zero-order valence-corrected chi connectivity index (χ0v) is 11.7. The first-order valence-electron chi connectivity index (χ1n) is 7.17. The Morgan fingerprint density at radius 1 is 1.05 bits per heavy atom. The number of hydrogen-bond donors (Lipinski definition) is 1. The van der Waals surface area contributed by atoms with Gasteiger partial charge in [-0.2, -0.15) is 0 Å². The highest BCUT2D eigenvalue weighted by Crippen LogP contribution is 2.16. The molecule has 0 saturated carbocycles. The van der Waals surface area contributed by atoms with Gasteiger partial charge < -0.3 is 10.2 Å². The van der Waals surface area contributed by atoms with Gasteiger partial charge in [-0.3, -0.25) is 4.90 Å². The molecule has 1 aliphatic heterocycles. The number of piperazine rings is 1. The smallest absolute Gasteiger partial charge is 0.123 e. The molecule has 1 aliphatic rings. The molecule has 1 saturated heterocycles. The Bertz CT molecular complexity index is 358. The average Bonchev–Trinajstić information content (AvgIpc) is 2.45. The summed E-state index contributed by atoms with van der Waals surface area (Å²) in [6.45, 7) is 6.59. The molecular weight excluding hydrogens is 241 g/mol. The van der Waals surface area contributed by atoms with E-state index in [0.29, 0.717) is 0 Å². The van der Waals surface area contributed by atoms with Gasteiger partial charge >= 0.3 is 0 Å². The summed E-state index contributed by atoms with van der Waals surface area (Å²) in [5.41, 5.74) is 1.14. The minimum Gasteiger partial charge on any atom is -0.369 e. The number of unbranched alkanes of at least 4 members (excludes halogenated alkanes) is 1. The van der Waals surface area contributed by atoms with Gasteiger partial charge in [0.15, 0.2) is 0 Å². The van der Waals surface area contributed by atoms with Crippen molar-refractivity contribution in [2.75, 3.05) is 51.2 Å². The van der Waals surface area contributed by atoms with Crippen LogP contribution in [0.1, 0.15) is 12.8 Å². The first kappa shape index (κ1) is 14.3. The van der Waals surface area contributed by atoms with E-state index >= 15 is 0 Å². The minimum absolute atomic E-state index is 0.160. The average molecular weight is 265 g/mol. The molecule has 1 N–H and O–H groups in total. The van der Waals surface area contributed by atoms with E-state index in [1.54, 1.807) is 12.1 Å². The van der Waals surface area contributed by atoms with Crippen molar-refractivity contribution in [1.29, 1.82) is 0 Å². The molecule has 0 amide bonds. The summed E-state index contributed by atoms with van der Waals surface area (Å²) in [7, 11) is 2.00. The topological polar surface area (TPSA) is 18.5 Å². The van der Waals surface area contributed by atoms with Gasteiger partial charge in [0.1, 0.15) is 5.82 Å². The van der Waals surface area contributed by atoms with E-state index in [2.05, 4.69) is 15.1 Å². The lowest BCUT2D eigenvalue weighted by Crippen LogP contribution is -2.46. The second-order valence-electron chi connectivity index (χ2n) is 5.12. The standard InChI is InChI=1S/C15H24FN3/c1-17-8-2-3-9-18-10-12-19(13-11-18)15-6-4-14(16)5-7-15/h4-7,17H,2-3,8-13H2,1H3. The van der Waals surface area contributed by atoms with Gasteiger partial charge in [0, 0.05) is 31.9 Å². The van der Waals surface area contributed by atoms with E-state index in [1.807, 2.05) is 19.2 Å². The molecule has 1 aromatic rings. The number of hydrogen-bond acceptors (Lipinski definition) is 3. The Morgan fingerprint density at radius 2 is 1.74 bits per heavy atom. The molecule has 1 aromatic carbocycles. The summed E-state index contributed by atoms with van der Waals surface area (Å²) >= 11 is 0. The Kier molecular flexibility index (Phi) is 5.61. The third-order valence-corrected chi connectivity index (χ3v) is 3.72. The molecule has 0 aliphatic carbocycles. The fourth-order valence-corrected chi connectivity index (χ4v) is 2.52. The van der Waals surface area contributed by atoms with Gasteiger partial charge in [0.2, 0.25) is 0 Å². The summed E-state index contributed by atoms with van der Waals surface area (Å²) in [6.07, 6.45) is 2.51. The molecule has 0 unspecified atom stereocenters. The third kappa shape index (κ3) is 4.48. The Balaban J connectivity index is 1.71. The molecule has 106 valence electrons. The highest BCUT2D eigenvalue weighted by atomic mass is 19.1. The number of nitrogens with one attached hydrogen (secondary N) is 1. The van der Waals surface area contributed by atoms with Crippen molar-refractivity contribution in [3.05, 3.63) is 30.1 Å². The molecule has 0 bridgehead atoms. The van der Waals surface area contributed by atoms with Gasteiger partial charge in [-0.1, -0.05) is 0 Å². The monoisotopic (exact) mass is 265 g/mol. The van der Waals surface area contributed by atoms with Gasteiger partial charge in [0.25, 0.3) is 0 Å². The van der Waals surface area contributed by atoms with Crippen molar-refractivity contribution >= 4 is 5.69 Å². The van der Waals surface area contributed by atoms with Crippen LogP contribution in [0.5, 0.6) is 0 Å². The van der Waals surface area contributed by atoms with Crippen molar-refractivity contribution in [2.24, 2.45) is 0 Å². The maximum absolute atomic E-state index is 12.9. The molecule has 3 nitrogen and oxygen atoms in total. The summed E-state index contributed by atoms with van der Waals surface area (Å²) in [5.74, 6) is -0.160. The normalized spacial score (nSPS) is 16.8. The second-order valence-corrected chi connectivity index (χ2v) is 5.12. The van der Waals surface area contributed by atoms with E-state index in [9.17, 15) is 4.39 Å². The molecule has 0 spiro atoms. The number of benzene rings is 1. The van der Waals surface area contributed by atoms with Crippen molar-refractivity contribution in [1.82, 2.24) is 10.2 Å². The Morgan fingerprint density at radius 3 is 2.37 bits per heavy atom. The summed E-state index contributed by atoms with van der Waals surface area (Å²) in [5, 5.41) is 3.18. The predicted octanol–water partition coefficient (Wildman–Crippen LogP) is 1.95. The van der Waals surface area contributed by atoms with Crippen LogP contribution < -0.4 is 10.2 Å². The molecule has 1 heterocycles. The van der Waals surface area contributed by atoms with Crippen LogP contribution in [0.3, 0.4) is 0 Å². The summed E-state index contributed by atoms with van der Waals surface area (Å²) in [6, 6.07) is 6.83. The second kappa shape index (κ2) is 7.46. The van der Waals surface area contributed by atoms with Crippen LogP contribution in [0, 0.1) is 5.82 Å². The van der Waals surface area contributed by atoms with Crippen LogP contribution in [-0.4, -0.2) is 51.2 Å². The largest absolute Gasteiger partial charge is 0.369 e. The van der Waals surface area contributed by atoms with Crippen LogP contribution >= 0.6 is 0 Å². The minimum atomic E-state index is -0.160. The molecule has 2 rings (SSSR count). The molecule has 0 atom stereocenters. The lowest BCUT2D eigenvalue weighted by molar-refractivity contribution is 0.253. The number of rotatable bonds is 6. The summed E-state index contributed by atoms with van der Waals surface area (Å²) < 4.78 is 12.9. The molecule has 0 radical (unpaired) electrons. The third-order valence-electron chi connectivity index (χ3n) is 3.72. The fraction of sp³-hybridized carbons (Fsp3) is 0.600. The van der Waals surface area contributed by atoms with Crippen molar-refractivity contribution < 1.29 is 4.39 Å². The van der Waals surface area contributed by atoms with Gasteiger partial charge in [-0.15, -0.1) is 0 Å². The van der Waals surface area contributed by atoms with Gasteiger partial charge in [-0.25, -0.2) is 4.39 Å². The van der Waals surface area contributed by atoms with E-state index in [-0.39, 0.29) is 5.82 Å². The van der Waals surface area contributed by atoms with Crippen molar-refractivity contribution in [3.63, 3.8) is 0 Å². The van der Waals surface area contributed by atoms with Gasteiger partial charge in [-0.05, 0) is 57.2 Å². The van der Waals surface area contributed by atoms with Crippen LogP contribution in [0.4, 0.5) is 10.1 Å². The van der Waals surface area contributed by atoms with Crippen LogP contribution in [0.25, 0.3) is 0 Å². The van der Waals surface area contributed by atoms with Crippen molar-refractivity contribution in [3.8, 4) is 0 Å². The molecule has 19 heavy (non-hydrogen) atoms. The fourth-order valence-electron chi connectivity index (χ4n) is 2.52. The highest BCUT2D eigenvalue weighted by Gasteiger charge is 2.16. The quantitative estimate of drug-likeness (QED) is 0.793. The Labute approximate surface area is 115 Å². The molecule has 4 heteroatoms. The maximum Gasteiger partial charge on any atom is 0.123 e. The van der Waals surface area contributed by atoms with Crippen molar-refractivity contribution in [2.45, 2.75) is 12.8 Å². The van der Waals surface area contributed by atoms with E-state index in [4.69, 9.17) is 0 Å². The van der Waals surface area contributed by atoms with E-state index in [0.717, 1.165) is 38.4 Å². The zero-order valence-electron chi connectivity index (χ0n) is 11.7. The molecular formula is C15H24FN3. The highest BCUT2D eigenvalue weighted by molar-refractivity contribution is 5.46. The van der Waals surface area contributed by atoms with Crippen LogP contribution in [0.15, 0.2) is 24.3 Å². The first-order valence-corrected chi connectivity index (χ1v) is 7.17. The predicted molar refractivity (Wildman–Crippen MR) is 78.2 cm³/mol. The Hall–Kier alpha value is -1.13. The number of anilines is 1. The van der Waals surface area contributed by atoms with E-state index in [1.165, 1.54) is 19.4 Å². The van der Waals surface area contributed by atoms with E-state index < -0.39 is 0 Å². The zero-order chi connectivity index (χ0) is 13.5. The van der Waals surface area contributed by atoms with Crippen LogP contribution in [0.2, 0.25) is 0 Å². The maximum atomic E-state index is 12.9. The molecule has 1 fully saturated rings. The summed E-state index contributed by atoms with van der Waals surface area (Å²) in [4.78, 5) is 4.86. The lowest BCUT2D eigenvalue weighted by Gasteiger charge is -2.36.